The summed E-state index contributed by atoms with van der Waals surface area (Å²) >= 11 is 0. The molecule has 192 valence electrons. The van der Waals surface area contributed by atoms with Crippen molar-refractivity contribution < 1.29 is 19.1 Å². The third-order valence-corrected chi connectivity index (χ3v) is 6.49. The lowest BCUT2D eigenvalue weighted by atomic mass is 10.1. The molecule has 0 fully saturated rings. The van der Waals surface area contributed by atoms with Crippen LogP contribution in [0.1, 0.15) is 104 Å². The Hall–Kier alpha value is -2.62. The molecule has 2 rings (SSSR count). The van der Waals surface area contributed by atoms with E-state index >= 15 is 0 Å². The number of carbonyl (C=O) groups excluding carboxylic acids is 2. The van der Waals surface area contributed by atoms with Gasteiger partial charge in [0.25, 0.3) is 0 Å². The topological polar surface area (TPSA) is 52.6 Å². The molecule has 2 aromatic rings. The SMILES string of the molecule is CCCCCCCCCCCCCC(=O)Oc1ccc(-c2ccc(OC(=O)C(C)CC)cc2)cc1. The predicted octanol–water partition coefficient (Wildman–Crippen LogP) is 8.91. The van der Waals surface area contributed by atoms with Crippen LogP contribution in [0.2, 0.25) is 0 Å². The van der Waals surface area contributed by atoms with E-state index in [-0.39, 0.29) is 17.9 Å². The Bertz CT molecular complexity index is 855. The molecule has 0 radical (unpaired) electrons. The van der Waals surface area contributed by atoms with Gasteiger partial charge in [0.05, 0.1) is 5.92 Å². The molecule has 0 bridgehead atoms. The highest BCUT2D eigenvalue weighted by atomic mass is 16.5. The summed E-state index contributed by atoms with van der Waals surface area (Å²) in [5, 5.41) is 0. The molecular weight excluding hydrogens is 436 g/mol. The van der Waals surface area contributed by atoms with E-state index in [1.807, 2.05) is 50.2 Å². The Morgan fingerprint density at radius 1 is 0.629 bits per heavy atom. The van der Waals surface area contributed by atoms with Gasteiger partial charge in [-0.2, -0.15) is 0 Å². The number of benzene rings is 2. The molecular formula is C31H44O4. The van der Waals surface area contributed by atoms with E-state index in [4.69, 9.17) is 9.47 Å². The van der Waals surface area contributed by atoms with Crippen molar-refractivity contribution in [2.75, 3.05) is 0 Å². The van der Waals surface area contributed by atoms with Gasteiger partial charge in [-0.05, 0) is 48.2 Å². The van der Waals surface area contributed by atoms with E-state index in [0.29, 0.717) is 17.9 Å². The number of unbranched alkanes of at least 4 members (excludes halogenated alkanes) is 10. The van der Waals surface area contributed by atoms with Crippen LogP contribution in [-0.2, 0) is 9.59 Å². The second-order valence-corrected chi connectivity index (χ2v) is 9.54. The lowest BCUT2D eigenvalue weighted by molar-refractivity contribution is -0.138. The summed E-state index contributed by atoms with van der Waals surface area (Å²) in [7, 11) is 0. The van der Waals surface area contributed by atoms with Gasteiger partial charge in [0.2, 0.25) is 0 Å². The number of esters is 2. The highest BCUT2D eigenvalue weighted by molar-refractivity contribution is 5.75. The monoisotopic (exact) mass is 480 g/mol. The molecule has 0 saturated carbocycles. The largest absolute Gasteiger partial charge is 0.427 e. The molecule has 0 aliphatic carbocycles. The predicted molar refractivity (Wildman–Crippen MR) is 144 cm³/mol. The maximum absolute atomic E-state index is 12.2. The summed E-state index contributed by atoms with van der Waals surface area (Å²) in [6, 6.07) is 15.0. The first-order valence-corrected chi connectivity index (χ1v) is 13.7. The van der Waals surface area contributed by atoms with Crippen LogP contribution in [0.5, 0.6) is 11.5 Å². The minimum absolute atomic E-state index is 0.111. The molecule has 0 aliphatic rings. The summed E-state index contributed by atoms with van der Waals surface area (Å²) in [5.74, 6) is 0.633. The summed E-state index contributed by atoms with van der Waals surface area (Å²) in [6.45, 7) is 6.09. The van der Waals surface area contributed by atoms with Crippen molar-refractivity contribution in [3.05, 3.63) is 48.5 Å². The van der Waals surface area contributed by atoms with Crippen LogP contribution in [0.25, 0.3) is 11.1 Å². The Morgan fingerprint density at radius 3 is 1.51 bits per heavy atom. The van der Waals surface area contributed by atoms with Gasteiger partial charge in [-0.15, -0.1) is 0 Å². The van der Waals surface area contributed by atoms with E-state index in [0.717, 1.165) is 30.4 Å². The van der Waals surface area contributed by atoms with Crippen LogP contribution in [0.15, 0.2) is 48.5 Å². The molecule has 0 N–H and O–H groups in total. The summed E-state index contributed by atoms with van der Waals surface area (Å²) < 4.78 is 10.9. The van der Waals surface area contributed by atoms with Crippen molar-refractivity contribution in [3.8, 4) is 22.6 Å². The number of hydrogen-bond donors (Lipinski definition) is 0. The second-order valence-electron chi connectivity index (χ2n) is 9.54. The third kappa shape index (κ3) is 11.6. The van der Waals surface area contributed by atoms with E-state index in [9.17, 15) is 9.59 Å². The number of ether oxygens (including phenoxy) is 2. The third-order valence-electron chi connectivity index (χ3n) is 6.49. The fourth-order valence-corrected chi connectivity index (χ4v) is 3.93. The average molecular weight is 481 g/mol. The number of rotatable bonds is 17. The maximum atomic E-state index is 12.2. The van der Waals surface area contributed by atoms with Gasteiger partial charge in [-0.3, -0.25) is 9.59 Å². The van der Waals surface area contributed by atoms with Crippen molar-refractivity contribution in [2.24, 2.45) is 5.92 Å². The van der Waals surface area contributed by atoms with Gasteiger partial charge in [-0.25, -0.2) is 0 Å². The number of carbonyl (C=O) groups is 2. The minimum Gasteiger partial charge on any atom is -0.427 e. The average Bonchev–Trinajstić information content (AvgIpc) is 2.87. The van der Waals surface area contributed by atoms with E-state index in [1.54, 1.807) is 12.1 Å². The van der Waals surface area contributed by atoms with Gasteiger partial charge in [0.15, 0.2) is 0 Å². The molecule has 0 saturated heterocycles. The molecule has 0 heterocycles. The van der Waals surface area contributed by atoms with Crippen LogP contribution >= 0.6 is 0 Å². The minimum atomic E-state index is -0.209. The van der Waals surface area contributed by atoms with Crippen LogP contribution in [0.4, 0.5) is 0 Å². The zero-order valence-corrected chi connectivity index (χ0v) is 22.0. The van der Waals surface area contributed by atoms with Crippen molar-refractivity contribution in [2.45, 2.75) is 104 Å². The van der Waals surface area contributed by atoms with Gasteiger partial charge < -0.3 is 9.47 Å². The lowest BCUT2D eigenvalue weighted by Gasteiger charge is -2.10. The molecule has 0 aliphatic heterocycles. The van der Waals surface area contributed by atoms with E-state index in [2.05, 4.69) is 6.92 Å². The van der Waals surface area contributed by atoms with Gasteiger partial charge >= 0.3 is 11.9 Å². The first-order valence-electron chi connectivity index (χ1n) is 13.7. The Labute approximate surface area is 212 Å². The van der Waals surface area contributed by atoms with Crippen molar-refractivity contribution in [1.29, 1.82) is 0 Å². The maximum Gasteiger partial charge on any atom is 0.314 e. The highest BCUT2D eigenvalue weighted by Gasteiger charge is 2.13. The molecule has 0 aromatic heterocycles. The van der Waals surface area contributed by atoms with Gasteiger partial charge in [0, 0.05) is 6.42 Å². The van der Waals surface area contributed by atoms with Gasteiger partial charge in [0.1, 0.15) is 11.5 Å². The fourth-order valence-electron chi connectivity index (χ4n) is 3.93. The van der Waals surface area contributed by atoms with E-state index in [1.165, 1.54) is 57.8 Å². The fraction of sp³-hybridized carbons (Fsp3) is 0.548. The zero-order chi connectivity index (χ0) is 25.3. The number of hydrogen-bond acceptors (Lipinski definition) is 4. The van der Waals surface area contributed by atoms with Crippen LogP contribution < -0.4 is 9.47 Å². The van der Waals surface area contributed by atoms with Crippen LogP contribution in [-0.4, -0.2) is 11.9 Å². The molecule has 35 heavy (non-hydrogen) atoms. The molecule has 0 amide bonds. The Balaban J connectivity index is 1.64. The molecule has 0 spiro atoms. The van der Waals surface area contributed by atoms with Crippen molar-refractivity contribution in [1.82, 2.24) is 0 Å². The highest BCUT2D eigenvalue weighted by Crippen LogP contribution is 2.25. The zero-order valence-electron chi connectivity index (χ0n) is 22.0. The first-order chi connectivity index (χ1) is 17.0. The Morgan fingerprint density at radius 2 is 1.06 bits per heavy atom. The summed E-state index contributed by atoms with van der Waals surface area (Å²) in [4.78, 5) is 24.1. The molecule has 4 nitrogen and oxygen atoms in total. The van der Waals surface area contributed by atoms with Crippen LogP contribution in [0.3, 0.4) is 0 Å². The van der Waals surface area contributed by atoms with Gasteiger partial charge in [-0.1, -0.05) is 109 Å². The molecule has 1 atom stereocenters. The molecule has 1 unspecified atom stereocenters. The summed E-state index contributed by atoms with van der Waals surface area (Å²) in [5.41, 5.74) is 2.02. The molecule has 2 aromatic carbocycles. The quantitative estimate of drug-likeness (QED) is 0.129. The second kappa shape index (κ2) is 16.9. The smallest absolute Gasteiger partial charge is 0.314 e. The van der Waals surface area contributed by atoms with E-state index < -0.39 is 0 Å². The summed E-state index contributed by atoms with van der Waals surface area (Å²) in [6.07, 6.45) is 15.1. The normalized spacial score (nSPS) is 11.7. The standard InChI is InChI=1S/C31H44O4/c1-4-6-7-8-9-10-11-12-13-14-15-16-30(32)34-28-21-17-26(18-22-28)27-19-23-29(24-20-27)35-31(33)25(3)5-2/h17-25H,4-16H2,1-3H3. The van der Waals surface area contributed by atoms with Crippen molar-refractivity contribution in [3.63, 3.8) is 0 Å². The molecule has 4 heteroatoms. The van der Waals surface area contributed by atoms with Crippen LogP contribution in [0, 0.1) is 5.92 Å². The Kier molecular flexibility index (Phi) is 13.8. The lowest BCUT2D eigenvalue weighted by Crippen LogP contribution is -2.16. The van der Waals surface area contributed by atoms with Crippen molar-refractivity contribution >= 4 is 11.9 Å². The first kappa shape index (κ1) is 28.6.